The largest absolute Gasteiger partial charge is 0.493 e. The Hall–Kier alpha value is -3.05. The van der Waals surface area contributed by atoms with Crippen LogP contribution in [0.2, 0.25) is 0 Å². The highest BCUT2D eigenvalue weighted by Crippen LogP contribution is 2.28. The number of rotatable bonds is 8. The summed E-state index contributed by atoms with van der Waals surface area (Å²) in [4.78, 5) is 12.2. The molecule has 0 unspecified atom stereocenters. The first kappa shape index (κ1) is 23.6. The van der Waals surface area contributed by atoms with Crippen LogP contribution >= 0.6 is 0 Å². The number of nitrogens with zero attached hydrogens (tertiary/aromatic N) is 1. The van der Waals surface area contributed by atoms with Crippen molar-refractivity contribution in [2.75, 3.05) is 13.2 Å². The Kier molecular flexibility index (Phi) is 8.12. The van der Waals surface area contributed by atoms with Gasteiger partial charge in [0.05, 0.1) is 18.3 Å². The van der Waals surface area contributed by atoms with Gasteiger partial charge in [0.2, 0.25) is 0 Å². The zero-order valence-electron chi connectivity index (χ0n) is 17.7. The molecule has 5 nitrogen and oxygen atoms in total. The molecule has 8 heteroatoms. The van der Waals surface area contributed by atoms with Crippen molar-refractivity contribution < 1.29 is 32.2 Å². The van der Waals surface area contributed by atoms with E-state index in [-0.39, 0.29) is 29.1 Å². The topological polar surface area (TPSA) is 68.6 Å². The van der Waals surface area contributed by atoms with Crippen molar-refractivity contribution in [1.29, 1.82) is 5.26 Å². The maximum Gasteiger partial charge on any atom is 0.349 e. The molecule has 0 aromatic heterocycles. The molecule has 2 aromatic carbocycles. The van der Waals surface area contributed by atoms with Gasteiger partial charge in [-0.05, 0) is 50.2 Å². The molecule has 2 aromatic rings. The Morgan fingerprint density at radius 2 is 1.69 bits per heavy atom. The summed E-state index contributed by atoms with van der Waals surface area (Å²) < 4.78 is 58.7. The van der Waals surface area contributed by atoms with Crippen LogP contribution in [0.25, 0.3) is 0 Å². The molecule has 0 amide bonds. The predicted molar refractivity (Wildman–Crippen MR) is 110 cm³/mol. The van der Waals surface area contributed by atoms with E-state index >= 15 is 0 Å². The van der Waals surface area contributed by atoms with E-state index < -0.39 is 29.0 Å². The third-order valence-corrected chi connectivity index (χ3v) is 5.33. The summed E-state index contributed by atoms with van der Waals surface area (Å²) in [6, 6.07) is 6.53. The Morgan fingerprint density at radius 1 is 1.03 bits per heavy atom. The highest BCUT2D eigenvalue weighted by molar-refractivity contribution is 5.91. The minimum Gasteiger partial charge on any atom is -0.493 e. The van der Waals surface area contributed by atoms with E-state index in [1.165, 1.54) is 0 Å². The third kappa shape index (κ3) is 6.01. The second-order valence-electron chi connectivity index (χ2n) is 7.73. The molecular weight excluding hydrogens is 423 g/mol. The van der Waals surface area contributed by atoms with Gasteiger partial charge in [-0.1, -0.05) is 6.92 Å². The van der Waals surface area contributed by atoms with E-state index in [1.54, 1.807) is 6.07 Å². The van der Waals surface area contributed by atoms with Crippen LogP contribution in [0.1, 0.15) is 54.9 Å². The smallest absolute Gasteiger partial charge is 0.349 e. The molecule has 0 saturated heterocycles. The number of nitriles is 1. The van der Waals surface area contributed by atoms with Crippen molar-refractivity contribution in [1.82, 2.24) is 0 Å². The first-order valence-electron chi connectivity index (χ1n) is 10.6. The monoisotopic (exact) mass is 447 g/mol. The molecule has 1 saturated carbocycles. The summed E-state index contributed by atoms with van der Waals surface area (Å²) in [5.74, 6) is -4.55. The number of esters is 1. The second kappa shape index (κ2) is 11.0. The summed E-state index contributed by atoms with van der Waals surface area (Å²) >= 11 is 0. The van der Waals surface area contributed by atoms with E-state index in [9.17, 15) is 18.0 Å². The zero-order chi connectivity index (χ0) is 23.1. The van der Waals surface area contributed by atoms with Gasteiger partial charge in [0.1, 0.15) is 40.6 Å². The number of carbonyl (C=O) groups is 1. The van der Waals surface area contributed by atoms with E-state index in [0.29, 0.717) is 6.61 Å². The van der Waals surface area contributed by atoms with Crippen LogP contribution < -0.4 is 9.47 Å². The Morgan fingerprint density at radius 3 is 2.28 bits per heavy atom. The molecule has 1 aliphatic carbocycles. The van der Waals surface area contributed by atoms with Gasteiger partial charge in [-0.3, -0.25) is 0 Å². The molecule has 0 radical (unpaired) electrons. The summed E-state index contributed by atoms with van der Waals surface area (Å²) in [5, 5.41) is 8.72. The standard InChI is InChI=1S/C24H24F3NO4/c1-2-9-30-17-6-3-15(4-7-17)14-31-19-11-21(26)23(22(27)12-19)24(29)32-18-8-5-16(13-28)20(25)10-18/h5,8,10-12,15,17H,2-4,6-7,9,14H2,1H3. The van der Waals surface area contributed by atoms with Crippen LogP contribution in [0.15, 0.2) is 30.3 Å². The van der Waals surface area contributed by atoms with Gasteiger partial charge < -0.3 is 14.2 Å². The first-order chi connectivity index (χ1) is 15.4. The maximum absolute atomic E-state index is 14.4. The zero-order valence-corrected chi connectivity index (χ0v) is 17.7. The highest BCUT2D eigenvalue weighted by atomic mass is 19.1. The lowest BCUT2D eigenvalue weighted by Crippen LogP contribution is -2.25. The van der Waals surface area contributed by atoms with Crippen molar-refractivity contribution in [3.05, 3.63) is 58.9 Å². The van der Waals surface area contributed by atoms with Crippen LogP contribution in [-0.2, 0) is 4.74 Å². The quantitative estimate of drug-likeness (QED) is 0.392. The van der Waals surface area contributed by atoms with Crippen molar-refractivity contribution in [2.45, 2.75) is 45.1 Å². The van der Waals surface area contributed by atoms with E-state index in [2.05, 4.69) is 6.92 Å². The Bertz CT molecular complexity index is 974. The molecule has 32 heavy (non-hydrogen) atoms. The van der Waals surface area contributed by atoms with Crippen molar-refractivity contribution in [3.63, 3.8) is 0 Å². The number of ether oxygens (including phenoxy) is 3. The second-order valence-corrected chi connectivity index (χ2v) is 7.73. The molecule has 3 rings (SSSR count). The number of hydrogen-bond acceptors (Lipinski definition) is 5. The molecule has 0 atom stereocenters. The number of carbonyl (C=O) groups excluding carboxylic acids is 1. The average Bonchev–Trinajstić information content (AvgIpc) is 2.76. The lowest BCUT2D eigenvalue weighted by molar-refractivity contribution is 0.0132. The normalized spacial score (nSPS) is 18.1. The summed E-state index contributed by atoms with van der Waals surface area (Å²) in [6.07, 6.45) is 4.91. The van der Waals surface area contributed by atoms with Crippen LogP contribution in [0.5, 0.6) is 11.5 Å². The van der Waals surface area contributed by atoms with Gasteiger partial charge in [0.15, 0.2) is 0 Å². The minimum absolute atomic E-state index is 0.0228. The van der Waals surface area contributed by atoms with E-state index in [1.807, 2.05) is 0 Å². The lowest BCUT2D eigenvalue weighted by Gasteiger charge is -2.28. The fraction of sp³-hybridized carbons (Fsp3) is 0.417. The summed E-state index contributed by atoms with van der Waals surface area (Å²) in [7, 11) is 0. The van der Waals surface area contributed by atoms with Crippen molar-refractivity contribution in [3.8, 4) is 17.6 Å². The molecule has 1 aliphatic rings. The number of benzene rings is 2. The molecule has 0 spiro atoms. The first-order valence-corrected chi connectivity index (χ1v) is 10.6. The van der Waals surface area contributed by atoms with Gasteiger partial charge in [0.25, 0.3) is 0 Å². The van der Waals surface area contributed by atoms with Crippen LogP contribution in [0.3, 0.4) is 0 Å². The summed E-state index contributed by atoms with van der Waals surface area (Å²) in [6.45, 7) is 3.13. The van der Waals surface area contributed by atoms with Gasteiger partial charge in [-0.2, -0.15) is 5.26 Å². The van der Waals surface area contributed by atoms with Gasteiger partial charge in [-0.15, -0.1) is 0 Å². The fourth-order valence-corrected chi connectivity index (χ4v) is 3.60. The number of halogens is 3. The van der Waals surface area contributed by atoms with Crippen molar-refractivity contribution >= 4 is 5.97 Å². The van der Waals surface area contributed by atoms with Crippen molar-refractivity contribution in [2.24, 2.45) is 5.92 Å². The molecule has 0 heterocycles. The fourth-order valence-electron chi connectivity index (χ4n) is 3.60. The molecule has 0 bridgehead atoms. The van der Waals surface area contributed by atoms with Gasteiger partial charge in [-0.25, -0.2) is 18.0 Å². The Labute approximate surface area is 184 Å². The Balaban J connectivity index is 1.58. The summed E-state index contributed by atoms with van der Waals surface area (Å²) in [5.41, 5.74) is -1.15. The van der Waals surface area contributed by atoms with E-state index in [4.69, 9.17) is 19.5 Å². The van der Waals surface area contributed by atoms with Crippen LogP contribution in [-0.4, -0.2) is 25.3 Å². The number of hydrogen-bond donors (Lipinski definition) is 0. The van der Waals surface area contributed by atoms with Crippen LogP contribution in [0.4, 0.5) is 13.2 Å². The van der Waals surface area contributed by atoms with E-state index in [0.717, 1.165) is 69.0 Å². The maximum atomic E-state index is 14.4. The lowest BCUT2D eigenvalue weighted by atomic mass is 9.88. The molecule has 0 aliphatic heterocycles. The van der Waals surface area contributed by atoms with Gasteiger partial charge >= 0.3 is 5.97 Å². The predicted octanol–water partition coefficient (Wildman–Crippen LogP) is 5.56. The molecular formula is C24H24F3NO4. The average molecular weight is 447 g/mol. The highest BCUT2D eigenvalue weighted by Gasteiger charge is 2.24. The van der Waals surface area contributed by atoms with Crippen LogP contribution in [0, 0.1) is 34.7 Å². The molecule has 170 valence electrons. The molecule has 1 fully saturated rings. The minimum atomic E-state index is -1.32. The third-order valence-electron chi connectivity index (χ3n) is 5.33. The van der Waals surface area contributed by atoms with Gasteiger partial charge in [0, 0.05) is 24.8 Å². The SMILES string of the molecule is CCCOC1CCC(COc2cc(F)c(C(=O)Oc3ccc(C#N)c(F)c3)c(F)c2)CC1. The molecule has 0 N–H and O–H groups in total.